The van der Waals surface area contributed by atoms with Gasteiger partial charge >= 0.3 is 0 Å². The van der Waals surface area contributed by atoms with Crippen LogP contribution in [0.2, 0.25) is 0 Å². The summed E-state index contributed by atoms with van der Waals surface area (Å²) in [5.41, 5.74) is 20.0. The molecule has 3 aromatic rings. The van der Waals surface area contributed by atoms with E-state index >= 15 is 0 Å². The Balaban J connectivity index is 2.28. The van der Waals surface area contributed by atoms with Crippen molar-refractivity contribution < 1.29 is 0 Å². The van der Waals surface area contributed by atoms with Gasteiger partial charge in [0.1, 0.15) is 0 Å². The predicted octanol–water partition coefficient (Wildman–Crippen LogP) is 6.45. The van der Waals surface area contributed by atoms with Gasteiger partial charge in [-0.25, -0.2) is 0 Å². The Morgan fingerprint density at radius 2 is 0.880 bits per heavy atom. The van der Waals surface area contributed by atoms with E-state index in [9.17, 15) is 0 Å². The Kier molecular flexibility index (Phi) is 4.43. The zero-order valence-corrected chi connectivity index (χ0v) is 16.1. The summed E-state index contributed by atoms with van der Waals surface area (Å²) in [5.74, 6) is 0. The van der Waals surface area contributed by atoms with Gasteiger partial charge in [0.05, 0.1) is 0 Å². The molecule has 0 aliphatic carbocycles. The first kappa shape index (κ1) is 17.3. The summed E-state index contributed by atoms with van der Waals surface area (Å²) in [6.45, 7) is 13.0. The monoisotopic (exact) mass is 329 g/mol. The topological polar surface area (TPSA) is 26.0 Å². The van der Waals surface area contributed by atoms with Crippen molar-refractivity contribution in [2.45, 2.75) is 41.5 Å². The zero-order valence-electron chi connectivity index (χ0n) is 16.1. The van der Waals surface area contributed by atoms with Crippen LogP contribution in [0.1, 0.15) is 33.4 Å². The quantitative estimate of drug-likeness (QED) is 0.537. The van der Waals surface area contributed by atoms with Gasteiger partial charge in [-0.3, -0.25) is 0 Å². The number of para-hydroxylation sites is 1. The van der Waals surface area contributed by atoms with E-state index < -0.39 is 0 Å². The van der Waals surface area contributed by atoms with Crippen molar-refractivity contribution in [1.29, 1.82) is 0 Å². The highest BCUT2D eigenvalue weighted by molar-refractivity contribution is 5.92. The molecule has 1 heteroatoms. The second-order valence-electron chi connectivity index (χ2n) is 7.31. The van der Waals surface area contributed by atoms with Gasteiger partial charge < -0.3 is 5.73 Å². The third-order valence-corrected chi connectivity index (χ3v) is 5.00. The van der Waals surface area contributed by atoms with Crippen LogP contribution in [0.3, 0.4) is 0 Å². The van der Waals surface area contributed by atoms with Crippen molar-refractivity contribution in [2.75, 3.05) is 5.73 Å². The summed E-state index contributed by atoms with van der Waals surface area (Å²) in [7, 11) is 0. The lowest BCUT2D eigenvalue weighted by Gasteiger charge is -2.19. The fourth-order valence-electron chi connectivity index (χ4n) is 4.21. The lowest BCUT2D eigenvalue weighted by molar-refractivity contribution is 1.31. The number of nitrogen functional groups attached to an aromatic ring is 1. The molecule has 3 aromatic carbocycles. The third kappa shape index (κ3) is 3.07. The molecule has 0 saturated carbocycles. The molecule has 2 N–H and O–H groups in total. The number of hydrogen-bond acceptors (Lipinski definition) is 1. The minimum absolute atomic E-state index is 0.868. The van der Waals surface area contributed by atoms with Crippen molar-refractivity contribution in [1.82, 2.24) is 0 Å². The molecule has 0 aliphatic heterocycles. The van der Waals surface area contributed by atoms with Gasteiger partial charge in [-0.05, 0) is 74.9 Å². The molecule has 1 nitrogen and oxygen atoms in total. The minimum Gasteiger partial charge on any atom is -0.398 e. The number of benzene rings is 3. The van der Waals surface area contributed by atoms with Crippen LogP contribution < -0.4 is 5.73 Å². The van der Waals surface area contributed by atoms with E-state index in [1.807, 2.05) is 0 Å². The number of rotatable bonds is 2. The van der Waals surface area contributed by atoms with Crippen molar-refractivity contribution in [3.05, 3.63) is 75.8 Å². The van der Waals surface area contributed by atoms with Crippen LogP contribution in [0, 0.1) is 41.5 Å². The largest absolute Gasteiger partial charge is 0.398 e. The fraction of sp³-hybridized carbons (Fsp3) is 0.250. The van der Waals surface area contributed by atoms with E-state index in [2.05, 4.69) is 84.0 Å². The Labute approximate surface area is 151 Å². The summed E-state index contributed by atoms with van der Waals surface area (Å²) < 4.78 is 0. The molecular weight excluding hydrogens is 302 g/mol. The number of hydrogen-bond donors (Lipinski definition) is 1. The second kappa shape index (κ2) is 6.40. The highest BCUT2D eigenvalue weighted by atomic mass is 14.6. The molecule has 0 fully saturated rings. The third-order valence-electron chi connectivity index (χ3n) is 5.00. The van der Waals surface area contributed by atoms with E-state index in [0.29, 0.717) is 0 Å². The molecule has 0 aromatic heterocycles. The summed E-state index contributed by atoms with van der Waals surface area (Å²) in [6, 6.07) is 15.3. The van der Waals surface area contributed by atoms with Crippen LogP contribution in [0.5, 0.6) is 0 Å². The van der Waals surface area contributed by atoms with Gasteiger partial charge in [0.15, 0.2) is 0 Å². The van der Waals surface area contributed by atoms with Crippen LogP contribution in [-0.2, 0) is 0 Å². The van der Waals surface area contributed by atoms with Crippen LogP contribution in [0.15, 0.2) is 42.5 Å². The van der Waals surface area contributed by atoms with Crippen molar-refractivity contribution in [3.8, 4) is 22.3 Å². The van der Waals surface area contributed by atoms with E-state index in [4.69, 9.17) is 5.73 Å². The molecule has 25 heavy (non-hydrogen) atoms. The number of anilines is 1. The van der Waals surface area contributed by atoms with Gasteiger partial charge in [0, 0.05) is 16.8 Å². The molecule has 128 valence electrons. The average molecular weight is 329 g/mol. The van der Waals surface area contributed by atoms with Gasteiger partial charge in [-0.15, -0.1) is 0 Å². The Hall–Kier alpha value is -2.54. The molecule has 0 heterocycles. The van der Waals surface area contributed by atoms with Gasteiger partial charge in [0.25, 0.3) is 0 Å². The maximum Gasteiger partial charge on any atom is 0.0473 e. The lowest BCUT2D eigenvalue weighted by Crippen LogP contribution is -1.99. The van der Waals surface area contributed by atoms with Gasteiger partial charge in [0.2, 0.25) is 0 Å². The number of aryl methyl sites for hydroxylation is 6. The molecule has 0 spiro atoms. The summed E-state index contributed by atoms with van der Waals surface area (Å²) in [4.78, 5) is 0. The smallest absolute Gasteiger partial charge is 0.0473 e. The molecule has 3 rings (SSSR count). The highest BCUT2D eigenvalue weighted by Gasteiger charge is 2.15. The standard InChI is InChI=1S/C24H27N/c1-14-10-16(3)22(17(4)11-14)20-8-7-9-21(24(20)25)23-18(5)12-15(2)13-19(23)6/h7-13H,25H2,1-6H3. The first-order valence-corrected chi connectivity index (χ1v) is 8.84. The first-order valence-electron chi connectivity index (χ1n) is 8.84. The molecule has 0 aliphatic rings. The van der Waals surface area contributed by atoms with Crippen LogP contribution in [-0.4, -0.2) is 0 Å². The van der Waals surface area contributed by atoms with Gasteiger partial charge in [-0.2, -0.15) is 0 Å². The summed E-state index contributed by atoms with van der Waals surface area (Å²) >= 11 is 0. The molecule has 0 atom stereocenters. The molecule has 0 unspecified atom stereocenters. The van der Waals surface area contributed by atoms with Gasteiger partial charge in [-0.1, -0.05) is 53.6 Å². The van der Waals surface area contributed by atoms with E-state index in [1.165, 1.54) is 44.5 Å². The molecule has 0 bridgehead atoms. The normalized spacial score (nSPS) is 11.0. The van der Waals surface area contributed by atoms with Crippen LogP contribution >= 0.6 is 0 Å². The fourth-order valence-corrected chi connectivity index (χ4v) is 4.21. The number of nitrogens with two attached hydrogens (primary N) is 1. The van der Waals surface area contributed by atoms with Crippen molar-refractivity contribution >= 4 is 5.69 Å². The Bertz CT molecular complexity index is 842. The summed E-state index contributed by atoms with van der Waals surface area (Å²) in [6.07, 6.45) is 0. The maximum atomic E-state index is 6.70. The van der Waals surface area contributed by atoms with E-state index in [0.717, 1.165) is 16.8 Å². The average Bonchev–Trinajstić information content (AvgIpc) is 2.48. The summed E-state index contributed by atoms with van der Waals surface area (Å²) in [5, 5.41) is 0. The zero-order chi connectivity index (χ0) is 18.3. The molecular formula is C24H27N. The van der Waals surface area contributed by atoms with E-state index in [-0.39, 0.29) is 0 Å². The first-order chi connectivity index (χ1) is 11.8. The maximum absolute atomic E-state index is 6.70. The van der Waals surface area contributed by atoms with E-state index in [1.54, 1.807) is 0 Å². The second-order valence-corrected chi connectivity index (χ2v) is 7.31. The SMILES string of the molecule is Cc1cc(C)c(-c2cccc(-c3c(C)cc(C)cc3C)c2N)c(C)c1. The molecule has 0 saturated heterocycles. The Morgan fingerprint density at radius 1 is 0.560 bits per heavy atom. The molecule has 0 amide bonds. The minimum atomic E-state index is 0.868. The van der Waals surface area contributed by atoms with Crippen LogP contribution in [0.4, 0.5) is 5.69 Å². The van der Waals surface area contributed by atoms with Crippen LogP contribution in [0.25, 0.3) is 22.3 Å². The Morgan fingerprint density at radius 3 is 1.20 bits per heavy atom. The van der Waals surface area contributed by atoms with Crippen molar-refractivity contribution in [2.24, 2.45) is 0 Å². The lowest BCUT2D eigenvalue weighted by atomic mass is 9.87. The molecule has 0 radical (unpaired) electrons. The highest BCUT2D eigenvalue weighted by Crippen LogP contribution is 2.40. The predicted molar refractivity (Wildman–Crippen MR) is 110 cm³/mol. The van der Waals surface area contributed by atoms with Crippen molar-refractivity contribution in [3.63, 3.8) is 0 Å².